The van der Waals surface area contributed by atoms with Gasteiger partial charge in [0.1, 0.15) is 28.7 Å². The largest absolute Gasteiger partial charge is 0.497 e. The Morgan fingerprint density at radius 3 is 1.98 bits per heavy atom. The molecular weight excluding hydrogens is 772 g/mol. The third-order valence-corrected chi connectivity index (χ3v) is 13.2. The minimum Gasteiger partial charge on any atom is -0.497 e. The number of piperidine rings is 1. The number of rotatable bonds is 15. The van der Waals surface area contributed by atoms with Crippen molar-refractivity contribution >= 4 is 21.8 Å². The highest BCUT2D eigenvalue weighted by atomic mass is 32.2. The Labute approximate surface area is 345 Å². The van der Waals surface area contributed by atoms with E-state index in [-0.39, 0.29) is 23.8 Å². The fraction of sp³-hybridized carbons (Fsp3) is 0.348. The average Bonchev–Trinajstić information content (AvgIpc) is 4.05. The SMILES string of the molecule is CCOc1cc(-c2ccc(F)cc2)c(C2CC2)nc1CN1CCC2(CC1)CN(c1ccc(S(=O)(=O)N(Cc3ccc(OC)cc3)Cc3ccc(OC)cc3)cc1)C(=O)O2. The molecule has 3 aliphatic rings. The van der Waals surface area contributed by atoms with Crippen LogP contribution in [0, 0.1) is 5.82 Å². The Morgan fingerprint density at radius 2 is 1.44 bits per heavy atom. The van der Waals surface area contributed by atoms with Crippen LogP contribution in [0.4, 0.5) is 14.9 Å². The molecule has 4 aromatic carbocycles. The molecule has 0 radical (unpaired) electrons. The molecule has 1 aromatic heterocycles. The molecule has 308 valence electrons. The van der Waals surface area contributed by atoms with E-state index in [1.807, 2.05) is 55.5 Å². The van der Waals surface area contributed by atoms with Crippen molar-refractivity contribution in [3.05, 3.63) is 131 Å². The number of amides is 1. The Kier molecular flexibility index (Phi) is 11.6. The van der Waals surface area contributed by atoms with E-state index < -0.39 is 21.7 Å². The van der Waals surface area contributed by atoms with Gasteiger partial charge in [0.15, 0.2) is 0 Å². The van der Waals surface area contributed by atoms with Gasteiger partial charge in [-0.05, 0) is 103 Å². The zero-order chi connectivity index (χ0) is 41.1. The topological polar surface area (TPSA) is 111 Å². The second-order valence-corrected chi connectivity index (χ2v) is 17.4. The van der Waals surface area contributed by atoms with E-state index in [0.717, 1.165) is 52.2 Å². The second-order valence-electron chi connectivity index (χ2n) is 15.5. The third-order valence-electron chi connectivity index (χ3n) is 11.4. The van der Waals surface area contributed by atoms with Crippen molar-refractivity contribution in [1.82, 2.24) is 14.2 Å². The smallest absolute Gasteiger partial charge is 0.415 e. The Balaban J connectivity index is 0.947. The van der Waals surface area contributed by atoms with Gasteiger partial charge in [0.05, 0.1) is 43.7 Å². The van der Waals surface area contributed by atoms with Gasteiger partial charge in [0.25, 0.3) is 0 Å². The van der Waals surface area contributed by atoms with Crippen molar-refractivity contribution < 1.29 is 36.6 Å². The summed E-state index contributed by atoms with van der Waals surface area (Å²) < 4.78 is 66.5. The molecule has 3 heterocycles. The highest BCUT2D eigenvalue weighted by molar-refractivity contribution is 7.89. The number of benzene rings is 4. The lowest BCUT2D eigenvalue weighted by Crippen LogP contribution is -2.46. The van der Waals surface area contributed by atoms with Crippen LogP contribution >= 0.6 is 0 Å². The van der Waals surface area contributed by atoms with Gasteiger partial charge in [0.2, 0.25) is 10.0 Å². The second kappa shape index (κ2) is 17.0. The number of nitrogens with zero attached hydrogens (tertiary/aromatic N) is 4. The molecule has 8 rings (SSSR count). The van der Waals surface area contributed by atoms with Gasteiger partial charge in [0, 0.05) is 62.7 Å². The number of methoxy groups -OCH3 is 2. The van der Waals surface area contributed by atoms with E-state index in [1.165, 1.54) is 16.4 Å². The van der Waals surface area contributed by atoms with Crippen LogP contribution in [-0.4, -0.2) is 74.8 Å². The predicted octanol–water partition coefficient (Wildman–Crippen LogP) is 8.56. The van der Waals surface area contributed by atoms with Crippen LogP contribution in [0.2, 0.25) is 0 Å². The molecule has 0 bridgehead atoms. The van der Waals surface area contributed by atoms with Gasteiger partial charge < -0.3 is 18.9 Å². The Morgan fingerprint density at radius 1 is 0.847 bits per heavy atom. The van der Waals surface area contributed by atoms with Crippen LogP contribution in [0.3, 0.4) is 0 Å². The fourth-order valence-corrected chi connectivity index (χ4v) is 9.34. The predicted molar refractivity (Wildman–Crippen MR) is 223 cm³/mol. The van der Waals surface area contributed by atoms with Gasteiger partial charge in [-0.2, -0.15) is 4.31 Å². The standard InChI is InChI=1S/C46H49FN4O7S/c1-4-57-43-27-41(34-11-13-36(47)14-12-34)44(35-9-10-35)48-42(43)30-49-25-23-46(24-26-49)31-51(45(52)58-46)37-15-21-40(22-16-37)59(53,54)50(28-32-5-17-38(55-2)18-6-32)29-33-7-19-39(56-3)20-8-33/h5-8,11-22,27,35H,4,9-10,23-26,28-31H2,1-3H3. The number of aromatic nitrogens is 1. The first-order valence-corrected chi connectivity index (χ1v) is 21.5. The van der Waals surface area contributed by atoms with E-state index in [2.05, 4.69) is 11.0 Å². The molecule has 1 saturated carbocycles. The maximum absolute atomic E-state index is 14.2. The normalized spacial score (nSPS) is 16.7. The van der Waals surface area contributed by atoms with Gasteiger partial charge in [-0.15, -0.1) is 0 Å². The van der Waals surface area contributed by atoms with Crippen molar-refractivity contribution in [2.75, 3.05) is 45.4 Å². The van der Waals surface area contributed by atoms with E-state index >= 15 is 0 Å². The van der Waals surface area contributed by atoms with Crippen LogP contribution in [0.1, 0.15) is 61.0 Å². The van der Waals surface area contributed by atoms with Crippen LogP contribution in [0.25, 0.3) is 11.1 Å². The van der Waals surface area contributed by atoms with E-state index in [9.17, 15) is 17.6 Å². The number of carbonyl (C=O) groups is 1. The fourth-order valence-electron chi connectivity index (χ4n) is 7.93. The number of hydrogen-bond acceptors (Lipinski definition) is 9. The van der Waals surface area contributed by atoms with Gasteiger partial charge in [-0.1, -0.05) is 36.4 Å². The molecule has 13 heteroatoms. The molecule has 1 amide bonds. The van der Waals surface area contributed by atoms with Gasteiger partial charge in [-0.3, -0.25) is 14.8 Å². The molecule has 5 aromatic rings. The first-order chi connectivity index (χ1) is 28.6. The molecule has 1 aliphatic carbocycles. The highest BCUT2D eigenvalue weighted by Crippen LogP contribution is 2.45. The summed E-state index contributed by atoms with van der Waals surface area (Å²) in [6.07, 6.45) is 2.99. The molecular formula is C46H49FN4O7S. The average molecular weight is 821 g/mol. The number of hydrogen-bond donors (Lipinski definition) is 0. The van der Waals surface area contributed by atoms with Crippen LogP contribution in [-0.2, 0) is 34.4 Å². The van der Waals surface area contributed by atoms with Gasteiger partial charge >= 0.3 is 6.09 Å². The number of carbonyl (C=O) groups excluding carboxylic acids is 1. The lowest BCUT2D eigenvalue weighted by atomic mass is 9.91. The zero-order valence-corrected chi connectivity index (χ0v) is 34.4. The Hall–Kier alpha value is -5.50. The summed E-state index contributed by atoms with van der Waals surface area (Å²) in [5.41, 5.74) is 5.35. The molecule has 0 unspecified atom stereocenters. The molecule has 0 atom stereocenters. The Bertz CT molecular complexity index is 2320. The van der Waals surface area contributed by atoms with Gasteiger partial charge in [-0.25, -0.2) is 17.6 Å². The lowest BCUT2D eigenvalue weighted by Gasteiger charge is -2.37. The van der Waals surface area contributed by atoms with Crippen molar-refractivity contribution in [2.24, 2.45) is 0 Å². The first kappa shape index (κ1) is 40.3. The maximum atomic E-state index is 14.2. The van der Waals surface area contributed by atoms with Crippen LogP contribution in [0.15, 0.2) is 108 Å². The summed E-state index contributed by atoms with van der Waals surface area (Å²) >= 11 is 0. The summed E-state index contributed by atoms with van der Waals surface area (Å²) in [5, 5.41) is 0. The minimum atomic E-state index is -3.97. The summed E-state index contributed by atoms with van der Waals surface area (Å²) in [4.78, 5) is 22.6. The highest BCUT2D eigenvalue weighted by Gasteiger charge is 2.47. The van der Waals surface area contributed by atoms with Crippen molar-refractivity contribution in [3.8, 4) is 28.4 Å². The summed E-state index contributed by atoms with van der Waals surface area (Å²) in [7, 11) is -0.792. The molecule has 2 saturated heterocycles. The molecule has 59 heavy (non-hydrogen) atoms. The molecule has 11 nitrogen and oxygen atoms in total. The number of halogens is 1. The first-order valence-electron chi connectivity index (χ1n) is 20.1. The van der Waals surface area contributed by atoms with Crippen molar-refractivity contribution in [3.63, 3.8) is 0 Å². The number of ether oxygens (including phenoxy) is 4. The molecule has 3 fully saturated rings. The molecule has 0 N–H and O–H groups in total. The number of sulfonamides is 1. The minimum absolute atomic E-state index is 0.120. The third kappa shape index (κ3) is 8.92. The summed E-state index contributed by atoms with van der Waals surface area (Å²) in [6, 6.07) is 29.7. The number of pyridine rings is 1. The molecule has 2 aliphatic heterocycles. The van der Waals surface area contributed by atoms with E-state index in [4.69, 9.17) is 23.9 Å². The van der Waals surface area contributed by atoms with E-state index in [0.29, 0.717) is 68.7 Å². The summed E-state index contributed by atoms with van der Waals surface area (Å²) in [6.45, 7) is 5.09. The molecule has 1 spiro atoms. The van der Waals surface area contributed by atoms with Crippen molar-refractivity contribution in [1.29, 1.82) is 0 Å². The lowest BCUT2D eigenvalue weighted by molar-refractivity contribution is -0.00140. The number of anilines is 1. The summed E-state index contributed by atoms with van der Waals surface area (Å²) in [5.74, 6) is 2.20. The van der Waals surface area contributed by atoms with Crippen LogP contribution < -0.4 is 19.1 Å². The van der Waals surface area contributed by atoms with Crippen LogP contribution in [0.5, 0.6) is 17.2 Å². The maximum Gasteiger partial charge on any atom is 0.415 e. The number of likely N-dealkylation sites (tertiary alicyclic amines) is 1. The van der Waals surface area contributed by atoms with E-state index in [1.54, 1.807) is 55.5 Å². The quantitative estimate of drug-likeness (QED) is 0.103. The van der Waals surface area contributed by atoms with Crippen molar-refractivity contribution in [2.45, 2.75) is 68.7 Å². The monoisotopic (exact) mass is 820 g/mol. The zero-order valence-electron chi connectivity index (χ0n) is 33.6.